The van der Waals surface area contributed by atoms with Crippen molar-refractivity contribution in [3.05, 3.63) is 47.0 Å². The third kappa shape index (κ3) is 6.59. The highest BCUT2D eigenvalue weighted by Gasteiger charge is 2.23. The number of nitrogens with zero attached hydrogens (tertiary/aromatic N) is 3. The summed E-state index contributed by atoms with van der Waals surface area (Å²) in [6.07, 6.45) is 4.08. The Kier molecular flexibility index (Phi) is 9.35. The van der Waals surface area contributed by atoms with Crippen molar-refractivity contribution in [2.75, 3.05) is 45.8 Å². The van der Waals surface area contributed by atoms with E-state index >= 15 is 0 Å². The average molecular weight is 490 g/mol. The summed E-state index contributed by atoms with van der Waals surface area (Å²) in [5, 5.41) is 1.20. The molecular formula is C25H32ClN3O3S. The predicted molar refractivity (Wildman–Crippen MR) is 137 cm³/mol. The van der Waals surface area contributed by atoms with E-state index in [1.807, 2.05) is 38.4 Å². The van der Waals surface area contributed by atoms with Crippen LogP contribution in [0.4, 0.5) is 5.13 Å². The van der Waals surface area contributed by atoms with Crippen LogP contribution in [-0.2, 0) is 0 Å². The van der Waals surface area contributed by atoms with Gasteiger partial charge in [0.25, 0.3) is 5.91 Å². The quantitative estimate of drug-likeness (QED) is 0.286. The molecule has 0 spiro atoms. The number of carbonyl (C=O) groups is 1. The number of ether oxygens (including phenoxy) is 2. The molecule has 8 heteroatoms. The van der Waals surface area contributed by atoms with E-state index in [2.05, 4.69) is 11.8 Å². The standard InChI is InChI=1S/C25H32ClN3O3S/c1-5-6-7-16-32-19-11-8-10-18(17-19)24(30)29(15-9-14-28(2)3)25-27-22-21(31-4)13-12-20(26)23(22)33-25/h8,10-13,17H,5-7,9,14-16H2,1-4H3. The van der Waals surface area contributed by atoms with E-state index in [1.165, 1.54) is 11.3 Å². The van der Waals surface area contributed by atoms with E-state index in [-0.39, 0.29) is 5.91 Å². The zero-order chi connectivity index (χ0) is 23.8. The summed E-state index contributed by atoms with van der Waals surface area (Å²) >= 11 is 7.83. The molecule has 3 rings (SSSR count). The van der Waals surface area contributed by atoms with Gasteiger partial charge >= 0.3 is 0 Å². The van der Waals surface area contributed by atoms with Crippen molar-refractivity contribution in [2.24, 2.45) is 0 Å². The minimum absolute atomic E-state index is 0.109. The molecule has 0 saturated carbocycles. The molecular weight excluding hydrogens is 458 g/mol. The van der Waals surface area contributed by atoms with Gasteiger partial charge in [0.1, 0.15) is 17.0 Å². The maximum absolute atomic E-state index is 13.6. The average Bonchev–Trinajstić information content (AvgIpc) is 3.25. The number of halogens is 1. The van der Waals surface area contributed by atoms with Crippen molar-refractivity contribution >= 4 is 44.2 Å². The molecule has 0 saturated heterocycles. The molecule has 1 heterocycles. The second-order valence-corrected chi connectivity index (χ2v) is 9.51. The predicted octanol–water partition coefficient (Wildman–Crippen LogP) is 6.13. The first-order valence-corrected chi connectivity index (χ1v) is 12.5. The molecule has 33 heavy (non-hydrogen) atoms. The van der Waals surface area contributed by atoms with E-state index < -0.39 is 0 Å². The molecule has 0 unspecified atom stereocenters. The number of anilines is 1. The molecule has 1 aromatic heterocycles. The number of aromatic nitrogens is 1. The Balaban J connectivity index is 1.90. The molecule has 0 bridgehead atoms. The Labute approximate surface area is 205 Å². The number of hydrogen-bond donors (Lipinski definition) is 0. The Morgan fingerprint density at radius 1 is 1.12 bits per heavy atom. The molecule has 178 valence electrons. The van der Waals surface area contributed by atoms with Crippen molar-refractivity contribution in [1.29, 1.82) is 0 Å². The lowest BCUT2D eigenvalue weighted by molar-refractivity contribution is 0.0985. The van der Waals surface area contributed by atoms with Gasteiger partial charge in [0.15, 0.2) is 5.13 Å². The lowest BCUT2D eigenvalue weighted by Crippen LogP contribution is -2.33. The summed E-state index contributed by atoms with van der Waals surface area (Å²) in [4.78, 5) is 22.2. The molecule has 1 amide bonds. The molecule has 0 aliphatic heterocycles. The topological polar surface area (TPSA) is 54.9 Å². The third-order valence-corrected chi connectivity index (χ3v) is 6.77. The zero-order valence-corrected chi connectivity index (χ0v) is 21.3. The van der Waals surface area contributed by atoms with Crippen LogP contribution in [0.1, 0.15) is 43.0 Å². The third-order valence-electron chi connectivity index (χ3n) is 5.23. The number of amides is 1. The number of thiazole rings is 1. The Morgan fingerprint density at radius 3 is 2.67 bits per heavy atom. The van der Waals surface area contributed by atoms with Crippen LogP contribution in [-0.4, -0.2) is 56.7 Å². The number of methoxy groups -OCH3 is 1. The van der Waals surface area contributed by atoms with Gasteiger partial charge in [-0.3, -0.25) is 9.69 Å². The van der Waals surface area contributed by atoms with Crippen LogP contribution in [0.3, 0.4) is 0 Å². The van der Waals surface area contributed by atoms with Crippen molar-refractivity contribution < 1.29 is 14.3 Å². The highest BCUT2D eigenvalue weighted by Crippen LogP contribution is 2.39. The van der Waals surface area contributed by atoms with E-state index in [0.717, 1.165) is 36.9 Å². The highest BCUT2D eigenvalue weighted by atomic mass is 35.5. The van der Waals surface area contributed by atoms with Gasteiger partial charge < -0.3 is 14.4 Å². The summed E-state index contributed by atoms with van der Waals surface area (Å²) in [6, 6.07) is 11.0. The van der Waals surface area contributed by atoms with E-state index in [1.54, 1.807) is 24.1 Å². The highest BCUT2D eigenvalue weighted by molar-refractivity contribution is 7.23. The van der Waals surface area contributed by atoms with Gasteiger partial charge in [-0.2, -0.15) is 0 Å². The van der Waals surface area contributed by atoms with Crippen LogP contribution >= 0.6 is 22.9 Å². The zero-order valence-electron chi connectivity index (χ0n) is 19.8. The molecule has 0 fully saturated rings. The largest absolute Gasteiger partial charge is 0.494 e. The Hall–Kier alpha value is -2.35. The lowest BCUT2D eigenvalue weighted by atomic mass is 10.2. The van der Waals surface area contributed by atoms with Crippen LogP contribution in [0.25, 0.3) is 10.2 Å². The van der Waals surface area contributed by atoms with E-state index in [4.69, 9.17) is 26.1 Å². The van der Waals surface area contributed by atoms with Gasteiger partial charge in [0.05, 0.1) is 23.4 Å². The minimum atomic E-state index is -0.109. The monoisotopic (exact) mass is 489 g/mol. The van der Waals surface area contributed by atoms with Gasteiger partial charge in [0, 0.05) is 12.1 Å². The molecule has 6 nitrogen and oxygen atoms in total. The minimum Gasteiger partial charge on any atom is -0.494 e. The maximum Gasteiger partial charge on any atom is 0.260 e. The van der Waals surface area contributed by atoms with Crippen molar-refractivity contribution in [2.45, 2.75) is 32.6 Å². The molecule has 0 atom stereocenters. The molecule has 0 radical (unpaired) electrons. The number of carbonyl (C=O) groups excluding carboxylic acids is 1. The van der Waals surface area contributed by atoms with E-state index in [9.17, 15) is 4.79 Å². The maximum atomic E-state index is 13.6. The summed E-state index contributed by atoms with van der Waals surface area (Å²) in [7, 11) is 5.65. The van der Waals surface area contributed by atoms with E-state index in [0.29, 0.717) is 45.9 Å². The normalized spacial score (nSPS) is 11.2. The first-order chi connectivity index (χ1) is 15.9. The van der Waals surface area contributed by atoms with Gasteiger partial charge in [0.2, 0.25) is 0 Å². The van der Waals surface area contributed by atoms with Crippen molar-refractivity contribution in [3.8, 4) is 11.5 Å². The van der Waals surface area contributed by atoms with Crippen LogP contribution in [0.15, 0.2) is 36.4 Å². The fourth-order valence-corrected chi connectivity index (χ4v) is 4.75. The van der Waals surface area contributed by atoms with Crippen molar-refractivity contribution in [3.63, 3.8) is 0 Å². The molecule has 3 aromatic rings. The fourth-order valence-electron chi connectivity index (χ4n) is 3.47. The van der Waals surface area contributed by atoms with Gasteiger partial charge in [-0.1, -0.05) is 48.8 Å². The lowest BCUT2D eigenvalue weighted by Gasteiger charge is -2.21. The summed E-state index contributed by atoms with van der Waals surface area (Å²) in [5.41, 5.74) is 1.24. The van der Waals surface area contributed by atoms with Crippen LogP contribution in [0.5, 0.6) is 11.5 Å². The summed E-state index contributed by atoms with van der Waals surface area (Å²) in [5.74, 6) is 1.24. The van der Waals surface area contributed by atoms with Crippen LogP contribution in [0.2, 0.25) is 5.02 Å². The fraction of sp³-hybridized carbons (Fsp3) is 0.440. The van der Waals surface area contributed by atoms with Crippen LogP contribution in [0, 0.1) is 0 Å². The Morgan fingerprint density at radius 2 is 1.94 bits per heavy atom. The van der Waals surface area contributed by atoms with Gasteiger partial charge in [-0.15, -0.1) is 0 Å². The number of rotatable bonds is 12. The molecule has 0 aliphatic rings. The molecule has 2 aromatic carbocycles. The summed E-state index contributed by atoms with van der Waals surface area (Å²) in [6.45, 7) is 4.21. The van der Waals surface area contributed by atoms with Crippen molar-refractivity contribution in [1.82, 2.24) is 9.88 Å². The number of benzene rings is 2. The SMILES string of the molecule is CCCCCOc1cccc(C(=O)N(CCCN(C)C)c2nc3c(OC)ccc(Cl)c3s2)c1. The Bertz CT molecular complexity index is 1070. The number of unbranched alkanes of at least 4 members (excludes halogenated alkanes) is 2. The number of hydrogen-bond acceptors (Lipinski definition) is 6. The van der Waals surface area contributed by atoms with Gasteiger partial charge in [-0.25, -0.2) is 4.98 Å². The van der Waals surface area contributed by atoms with Gasteiger partial charge in [-0.05, 0) is 63.8 Å². The van der Waals surface area contributed by atoms with Crippen LogP contribution < -0.4 is 14.4 Å². The number of fused-ring (bicyclic) bond motifs is 1. The first kappa shape index (κ1) is 25.3. The first-order valence-electron chi connectivity index (χ1n) is 11.3. The molecule has 0 aliphatic carbocycles. The second-order valence-electron chi connectivity index (χ2n) is 8.12. The summed E-state index contributed by atoms with van der Waals surface area (Å²) < 4.78 is 12.1. The second kappa shape index (κ2) is 12.2. The smallest absolute Gasteiger partial charge is 0.260 e. The molecule has 0 N–H and O–H groups in total.